The molecule has 1 aromatic carbocycles. The van der Waals surface area contributed by atoms with E-state index >= 15 is 0 Å². The molecule has 0 spiro atoms. The van der Waals surface area contributed by atoms with Gasteiger partial charge in [-0.1, -0.05) is 23.2 Å². The molecule has 1 aliphatic heterocycles. The van der Waals surface area contributed by atoms with Gasteiger partial charge >= 0.3 is 0 Å². The maximum absolute atomic E-state index is 9.54. The average molecular weight is 443 g/mol. The number of rotatable bonds is 5. The summed E-state index contributed by atoms with van der Waals surface area (Å²) < 4.78 is 5.91. The SMILES string of the molecule is Cl.Cl.NC[C@@H](O)CN1CCC(Oc2ccc(Cl)c(Cl)c2)CC1.[V]. The molecule has 0 unspecified atom stereocenters. The number of likely N-dealkylation sites (tertiary alicyclic amines) is 1. The number of halogens is 4. The van der Waals surface area contributed by atoms with Gasteiger partial charge in [0.25, 0.3) is 0 Å². The molecule has 0 amide bonds. The van der Waals surface area contributed by atoms with Gasteiger partial charge in [-0.3, -0.25) is 0 Å². The first-order valence-corrected chi connectivity index (χ1v) is 7.56. The Labute approximate surface area is 171 Å². The van der Waals surface area contributed by atoms with Gasteiger partial charge in [0.2, 0.25) is 0 Å². The summed E-state index contributed by atoms with van der Waals surface area (Å²) in [6.07, 6.45) is 1.59. The van der Waals surface area contributed by atoms with E-state index in [2.05, 4.69) is 4.90 Å². The van der Waals surface area contributed by atoms with Gasteiger partial charge in [-0.25, -0.2) is 0 Å². The van der Waals surface area contributed by atoms with Crippen LogP contribution >= 0.6 is 48.0 Å². The van der Waals surface area contributed by atoms with Crippen LogP contribution in [0.4, 0.5) is 0 Å². The number of nitrogens with two attached hydrogens (primary N) is 1. The molecule has 9 heteroatoms. The summed E-state index contributed by atoms with van der Waals surface area (Å²) in [5.41, 5.74) is 5.42. The number of hydrogen-bond donors (Lipinski definition) is 2. The Kier molecular flexibility index (Phi) is 14.5. The Hall–Kier alpha value is 0.644. The smallest absolute Gasteiger partial charge is 0.121 e. The molecule has 2 rings (SSSR count). The second-order valence-electron chi connectivity index (χ2n) is 5.08. The van der Waals surface area contributed by atoms with Crippen LogP contribution < -0.4 is 10.5 Å². The van der Waals surface area contributed by atoms with E-state index in [9.17, 15) is 5.11 Å². The fraction of sp³-hybridized carbons (Fsp3) is 0.571. The van der Waals surface area contributed by atoms with Gasteiger partial charge in [0.1, 0.15) is 11.9 Å². The zero-order chi connectivity index (χ0) is 14.5. The molecule has 0 bridgehead atoms. The predicted octanol–water partition coefficient (Wildman–Crippen LogP) is 3.00. The maximum atomic E-state index is 9.54. The summed E-state index contributed by atoms with van der Waals surface area (Å²) in [7, 11) is 0. The van der Waals surface area contributed by atoms with Crippen molar-refractivity contribution in [3.05, 3.63) is 28.2 Å². The third kappa shape index (κ3) is 8.53. The molecule has 1 fully saturated rings. The van der Waals surface area contributed by atoms with Crippen molar-refractivity contribution >= 4 is 48.0 Å². The average Bonchev–Trinajstić information content (AvgIpc) is 2.45. The summed E-state index contributed by atoms with van der Waals surface area (Å²) in [6, 6.07) is 5.32. The molecule has 1 aliphatic rings. The monoisotopic (exact) mass is 441 g/mol. The first-order chi connectivity index (χ1) is 9.58. The first kappa shape index (κ1) is 25.9. The summed E-state index contributed by atoms with van der Waals surface area (Å²) in [4.78, 5) is 2.21. The van der Waals surface area contributed by atoms with E-state index in [0.29, 0.717) is 23.1 Å². The fourth-order valence-corrected chi connectivity index (χ4v) is 2.61. The van der Waals surface area contributed by atoms with Crippen molar-refractivity contribution in [2.24, 2.45) is 5.73 Å². The van der Waals surface area contributed by atoms with Crippen molar-refractivity contribution < 1.29 is 28.4 Å². The molecule has 23 heavy (non-hydrogen) atoms. The Bertz CT molecular complexity index is 449. The molecule has 0 aromatic heterocycles. The minimum atomic E-state index is -0.442. The van der Waals surface area contributed by atoms with Gasteiger partial charge in [-0.2, -0.15) is 0 Å². The molecule has 133 valence electrons. The Morgan fingerprint density at radius 2 is 1.83 bits per heavy atom. The maximum Gasteiger partial charge on any atom is 0.121 e. The second-order valence-corrected chi connectivity index (χ2v) is 5.90. The summed E-state index contributed by atoms with van der Waals surface area (Å²) >= 11 is 11.8. The molecule has 3 N–H and O–H groups in total. The van der Waals surface area contributed by atoms with Crippen LogP contribution in [-0.4, -0.2) is 48.4 Å². The number of piperidine rings is 1. The van der Waals surface area contributed by atoms with Crippen LogP contribution in [0.1, 0.15) is 12.8 Å². The van der Waals surface area contributed by atoms with E-state index in [0.717, 1.165) is 31.7 Å². The zero-order valence-corrected chi connectivity index (χ0v) is 17.1. The van der Waals surface area contributed by atoms with Crippen molar-refractivity contribution in [3.63, 3.8) is 0 Å². The molecule has 1 atom stereocenters. The van der Waals surface area contributed by atoms with Crippen LogP contribution in [0.25, 0.3) is 0 Å². The molecule has 1 heterocycles. The number of nitrogens with zero attached hydrogens (tertiary/aromatic N) is 1. The van der Waals surface area contributed by atoms with Crippen LogP contribution in [0.5, 0.6) is 5.75 Å². The number of aliphatic hydroxyl groups excluding tert-OH is 1. The molecule has 1 saturated heterocycles. The van der Waals surface area contributed by atoms with Gasteiger partial charge in [0.15, 0.2) is 0 Å². The van der Waals surface area contributed by atoms with Crippen molar-refractivity contribution in [2.75, 3.05) is 26.2 Å². The Morgan fingerprint density at radius 1 is 1.22 bits per heavy atom. The van der Waals surface area contributed by atoms with Gasteiger partial charge in [-0.05, 0) is 25.0 Å². The van der Waals surface area contributed by atoms with Crippen molar-refractivity contribution in [3.8, 4) is 5.75 Å². The third-order valence-electron chi connectivity index (χ3n) is 3.47. The van der Waals surface area contributed by atoms with Crippen molar-refractivity contribution in [1.82, 2.24) is 4.90 Å². The van der Waals surface area contributed by atoms with Crippen molar-refractivity contribution in [1.29, 1.82) is 0 Å². The standard InChI is InChI=1S/C14H20Cl2N2O2.2ClH.V/c15-13-2-1-12(7-14(13)16)20-11-3-5-18(6-4-11)9-10(19)8-17;;;/h1-2,7,10-11,19H,3-6,8-9,17H2;2*1H;/t10-;;;/m1.../s1. The van der Waals surface area contributed by atoms with Crippen LogP contribution in [-0.2, 0) is 18.6 Å². The topological polar surface area (TPSA) is 58.7 Å². The van der Waals surface area contributed by atoms with E-state index in [1.54, 1.807) is 12.1 Å². The van der Waals surface area contributed by atoms with Crippen LogP contribution in [0, 0.1) is 0 Å². The van der Waals surface area contributed by atoms with Gasteiger partial charge in [-0.15, -0.1) is 24.8 Å². The molecular weight excluding hydrogens is 421 g/mol. The third-order valence-corrected chi connectivity index (χ3v) is 4.21. The van der Waals surface area contributed by atoms with Crippen LogP contribution in [0.3, 0.4) is 0 Å². The number of aliphatic hydroxyl groups is 1. The normalized spacial score (nSPS) is 16.5. The van der Waals surface area contributed by atoms with Gasteiger partial charge in [0, 0.05) is 50.8 Å². The Balaban J connectivity index is 0. The first-order valence-electron chi connectivity index (χ1n) is 6.80. The van der Waals surface area contributed by atoms with Crippen molar-refractivity contribution in [2.45, 2.75) is 25.0 Å². The number of hydrogen-bond acceptors (Lipinski definition) is 4. The van der Waals surface area contributed by atoms with E-state index in [1.807, 2.05) is 6.07 Å². The largest absolute Gasteiger partial charge is 0.490 e. The quantitative estimate of drug-likeness (QED) is 0.735. The Morgan fingerprint density at radius 3 is 2.35 bits per heavy atom. The minimum absolute atomic E-state index is 0. The second kappa shape index (κ2) is 12.9. The predicted molar refractivity (Wildman–Crippen MR) is 96.1 cm³/mol. The number of β-amino-alcohol motifs (C(OH)–C–C–N with tert-alkyl or cyclic N) is 1. The zero-order valence-electron chi connectivity index (χ0n) is 12.5. The molecule has 0 aliphatic carbocycles. The van der Waals surface area contributed by atoms with Gasteiger partial charge < -0.3 is 20.5 Å². The summed E-state index contributed by atoms with van der Waals surface area (Å²) in [6.45, 7) is 2.75. The summed E-state index contributed by atoms with van der Waals surface area (Å²) in [5.74, 6) is 0.750. The van der Waals surface area contributed by atoms with Gasteiger partial charge in [0.05, 0.1) is 16.1 Å². The van der Waals surface area contributed by atoms with E-state index in [-0.39, 0.29) is 49.5 Å². The number of ether oxygens (including phenoxy) is 1. The molecule has 4 nitrogen and oxygen atoms in total. The van der Waals surface area contributed by atoms with Crippen LogP contribution in [0.2, 0.25) is 10.0 Å². The summed E-state index contributed by atoms with van der Waals surface area (Å²) in [5, 5.41) is 10.6. The fourth-order valence-electron chi connectivity index (χ4n) is 2.32. The minimum Gasteiger partial charge on any atom is -0.490 e. The molecule has 1 aromatic rings. The number of benzene rings is 1. The van der Waals surface area contributed by atoms with Crippen LogP contribution in [0.15, 0.2) is 18.2 Å². The van der Waals surface area contributed by atoms with E-state index in [1.165, 1.54) is 0 Å². The molecule has 1 radical (unpaired) electrons. The van der Waals surface area contributed by atoms with E-state index < -0.39 is 6.10 Å². The molecule has 0 saturated carbocycles. The molecular formula is C14H22Cl4N2O2V. The van der Waals surface area contributed by atoms with E-state index in [4.69, 9.17) is 33.7 Å².